The fourth-order valence-corrected chi connectivity index (χ4v) is 3.50. The van der Waals surface area contributed by atoms with E-state index in [0.717, 1.165) is 31.0 Å². The van der Waals surface area contributed by atoms with Crippen molar-refractivity contribution in [3.63, 3.8) is 0 Å². The van der Waals surface area contributed by atoms with E-state index in [4.69, 9.17) is 13.9 Å². The van der Waals surface area contributed by atoms with Gasteiger partial charge in [-0.25, -0.2) is 4.39 Å². The Balaban J connectivity index is 1.54. The molecule has 1 aromatic heterocycles. The van der Waals surface area contributed by atoms with Crippen LogP contribution in [0.25, 0.3) is 11.5 Å². The van der Waals surface area contributed by atoms with Crippen molar-refractivity contribution in [2.45, 2.75) is 25.9 Å². The smallest absolute Gasteiger partial charge is 0.247 e. The Kier molecular flexibility index (Phi) is 5.00. The molecule has 2 heterocycles. The predicted octanol–water partition coefficient (Wildman–Crippen LogP) is 4.01. The molecule has 4 rings (SSSR count). The first-order chi connectivity index (χ1) is 13.6. The highest BCUT2D eigenvalue weighted by Gasteiger charge is 2.27. The molecule has 0 aliphatic carbocycles. The van der Waals surface area contributed by atoms with Crippen LogP contribution in [0.5, 0.6) is 11.5 Å². The first kappa shape index (κ1) is 18.4. The molecule has 0 spiro atoms. The molecule has 0 N–H and O–H groups in total. The molecule has 0 saturated heterocycles. The summed E-state index contributed by atoms with van der Waals surface area (Å²) in [4.78, 5) is 2.29. The summed E-state index contributed by atoms with van der Waals surface area (Å²) in [5, 5.41) is 8.33. The molecule has 0 bridgehead atoms. The Bertz CT molecular complexity index is 972. The zero-order valence-corrected chi connectivity index (χ0v) is 16.1. The van der Waals surface area contributed by atoms with Gasteiger partial charge in [0.2, 0.25) is 11.8 Å². The van der Waals surface area contributed by atoms with Crippen molar-refractivity contribution in [1.29, 1.82) is 0 Å². The number of hydrogen-bond donors (Lipinski definition) is 0. The molecule has 3 aromatic rings. The highest BCUT2D eigenvalue weighted by atomic mass is 19.1. The molecule has 1 aliphatic heterocycles. The van der Waals surface area contributed by atoms with Crippen molar-refractivity contribution in [2.75, 3.05) is 20.8 Å². The normalized spacial score (nSPS) is 15.1. The van der Waals surface area contributed by atoms with Gasteiger partial charge in [0.1, 0.15) is 5.82 Å². The lowest BCUT2D eigenvalue weighted by Gasteiger charge is -2.32. The van der Waals surface area contributed by atoms with Crippen LogP contribution in [-0.2, 0) is 13.0 Å². The Labute approximate surface area is 162 Å². The van der Waals surface area contributed by atoms with Crippen molar-refractivity contribution in [3.05, 3.63) is 59.2 Å². The van der Waals surface area contributed by atoms with Crippen LogP contribution in [0, 0.1) is 5.82 Å². The maximum Gasteiger partial charge on any atom is 0.247 e. The van der Waals surface area contributed by atoms with Gasteiger partial charge < -0.3 is 13.9 Å². The second-order valence-electron chi connectivity index (χ2n) is 6.82. The van der Waals surface area contributed by atoms with Gasteiger partial charge in [0, 0.05) is 18.7 Å². The zero-order chi connectivity index (χ0) is 19.7. The quantitative estimate of drug-likeness (QED) is 0.663. The number of hydrogen-bond acceptors (Lipinski definition) is 6. The van der Waals surface area contributed by atoms with E-state index in [1.54, 1.807) is 26.4 Å². The van der Waals surface area contributed by atoms with Crippen molar-refractivity contribution < 1.29 is 18.3 Å². The van der Waals surface area contributed by atoms with Crippen LogP contribution >= 0.6 is 0 Å². The Morgan fingerprint density at radius 1 is 1.04 bits per heavy atom. The van der Waals surface area contributed by atoms with E-state index in [1.165, 1.54) is 23.3 Å². The van der Waals surface area contributed by atoms with Crippen LogP contribution in [0.15, 0.2) is 40.8 Å². The van der Waals surface area contributed by atoms with Gasteiger partial charge in [-0.2, -0.15) is 0 Å². The first-order valence-corrected chi connectivity index (χ1v) is 9.16. The van der Waals surface area contributed by atoms with Crippen LogP contribution in [0.3, 0.4) is 0 Å². The third-order valence-electron chi connectivity index (χ3n) is 5.18. The lowest BCUT2D eigenvalue weighted by atomic mass is 9.97. The number of nitrogens with zero attached hydrogens (tertiary/aromatic N) is 3. The summed E-state index contributed by atoms with van der Waals surface area (Å²) in [5.41, 5.74) is 3.17. The molecule has 1 aliphatic rings. The first-order valence-electron chi connectivity index (χ1n) is 9.16. The number of rotatable bonds is 5. The van der Waals surface area contributed by atoms with E-state index in [2.05, 4.69) is 21.2 Å². The molecule has 0 radical (unpaired) electrons. The molecular formula is C21H22FN3O3. The van der Waals surface area contributed by atoms with Gasteiger partial charge >= 0.3 is 0 Å². The molecule has 7 heteroatoms. The second-order valence-corrected chi connectivity index (χ2v) is 6.82. The minimum atomic E-state index is -0.295. The summed E-state index contributed by atoms with van der Waals surface area (Å²) in [6.45, 7) is 3.68. The van der Waals surface area contributed by atoms with E-state index < -0.39 is 0 Å². The van der Waals surface area contributed by atoms with Crippen molar-refractivity contribution in [2.24, 2.45) is 0 Å². The van der Waals surface area contributed by atoms with Crippen molar-refractivity contribution in [3.8, 4) is 23.0 Å². The average molecular weight is 383 g/mol. The topological polar surface area (TPSA) is 60.6 Å². The van der Waals surface area contributed by atoms with Crippen molar-refractivity contribution in [1.82, 2.24) is 15.1 Å². The van der Waals surface area contributed by atoms with Crippen LogP contribution < -0.4 is 9.47 Å². The standard InChI is InChI=1S/C21H22FN3O3/c1-13(20-23-24-21(28-20)14-4-6-17(22)7-5-14)25-9-8-15-10-18(26-2)19(27-3)11-16(15)12-25/h4-7,10-11,13H,8-9,12H2,1-3H3/t13-/m1/s1. The number of aromatic nitrogens is 2. The van der Waals surface area contributed by atoms with Crippen LogP contribution in [-0.4, -0.2) is 35.9 Å². The van der Waals surface area contributed by atoms with Gasteiger partial charge in [-0.15, -0.1) is 10.2 Å². The van der Waals surface area contributed by atoms with E-state index in [0.29, 0.717) is 17.3 Å². The number of methoxy groups -OCH3 is 2. The lowest BCUT2D eigenvalue weighted by Crippen LogP contribution is -2.33. The fourth-order valence-electron chi connectivity index (χ4n) is 3.50. The highest BCUT2D eigenvalue weighted by molar-refractivity contribution is 5.52. The SMILES string of the molecule is COc1cc2c(cc1OC)CN([C@H](C)c1nnc(-c3ccc(F)cc3)o1)CC2. The van der Waals surface area contributed by atoms with Crippen LogP contribution in [0.1, 0.15) is 30.0 Å². The van der Waals surface area contributed by atoms with E-state index in [9.17, 15) is 4.39 Å². The molecule has 1 atom stereocenters. The second kappa shape index (κ2) is 7.59. The summed E-state index contributed by atoms with van der Waals surface area (Å²) in [7, 11) is 3.29. The highest BCUT2D eigenvalue weighted by Crippen LogP contribution is 2.35. The summed E-state index contributed by atoms with van der Waals surface area (Å²) < 4.78 is 29.8. The minimum absolute atomic E-state index is 0.0389. The molecule has 28 heavy (non-hydrogen) atoms. The molecule has 0 unspecified atom stereocenters. The Morgan fingerprint density at radius 2 is 1.71 bits per heavy atom. The molecule has 2 aromatic carbocycles. The number of fused-ring (bicyclic) bond motifs is 1. The summed E-state index contributed by atoms with van der Waals surface area (Å²) in [6.07, 6.45) is 0.902. The number of benzene rings is 2. The van der Waals surface area contributed by atoms with Gasteiger partial charge in [-0.3, -0.25) is 4.90 Å². The zero-order valence-electron chi connectivity index (χ0n) is 16.1. The molecule has 6 nitrogen and oxygen atoms in total. The average Bonchev–Trinajstić information content (AvgIpc) is 3.22. The summed E-state index contributed by atoms with van der Waals surface area (Å²) in [5.74, 6) is 2.13. The Morgan fingerprint density at radius 3 is 2.39 bits per heavy atom. The fraction of sp³-hybridized carbons (Fsp3) is 0.333. The maximum absolute atomic E-state index is 13.1. The molecular weight excluding hydrogens is 361 g/mol. The molecule has 0 amide bonds. The van der Waals surface area contributed by atoms with E-state index >= 15 is 0 Å². The monoisotopic (exact) mass is 383 g/mol. The third-order valence-corrected chi connectivity index (χ3v) is 5.18. The predicted molar refractivity (Wildman–Crippen MR) is 102 cm³/mol. The van der Waals surface area contributed by atoms with Gasteiger partial charge in [-0.1, -0.05) is 0 Å². The van der Waals surface area contributed by atoms with Crippen LogP contribution in [0.4, 0.5) is 4.39 Å². The molecule has 0 fully saturated rings. The van der Waals surface area contributed by atoms with E-state index in [1.807, 2.05) is 13.0 Å². The minimum Gasteiger partial charge on any atom is -0.493 e. The molecule has 0 saturated carbocycles. The largest absolute Gasteiger partial charge is 0.493 e. The summed E-state index contributed by atoms with van der Waals surface area (Å²) >= 11 is 0. The third kappa shape index (κ3) is 3.45. The van der Waals surface area contributed by atoms with E-state index in [-0.39, 0.29) is 11.9 Å². The van der Waals surface area contributed by atoms with Gasteiger partial charge in [0.05, 0.1) is 20.3 Å². The number of halogens is 1. The van der Waals surface area contributed by atoms with Gasteiger partial charge in [-0.05, 0) is 60.9 Å². The van der Waals surface area contributed by atoms with Gasteiger partial charge in [0.15, 0.2) is 11.5 Å². The lowest BCUT2D eigenvalue weighted by molar-refractivity contribution is 0.166. The Hall–Kier alpha value is -2.93. The van der Waals surface area contributed by atoms with Crippen LogP contribution in [0.2, 0.25) is 0 Å². The maximum atomic E-state index is 13.1. The summed E-state index contributed by atoms with van der Waals surface area (Å²) in [6, 6.07) is 10.1. The van der Waals surface area contributed by atoms with Crippen molar-refractivity contribution >= 4 is 0 Å². The molecule has 146 valence electrons. The number of ether oxygens (including phenoxy) is 2. The van der Waals surface area contributed by atoms with Gasteiger partial charge in [0.25, 0.3) is 0 Å².